The number of nitrogens with zero attached hydrogens (tertiary/aromatic N) is 2. The predicted molar refractivity (Wildman–Crippen MR) is 91.8 cm³/mol. The van der Waals surface area contributed by atoms with Crippen molar-refractivity contribution in [2.75, 3.05) is 12.0 Å². The van der Waals surface area contributed by atoms with Crippen molar-refractivity contribution in [1.29, 1.82) is 0 Å². The Morgan fingerprint density at radius 2 is 1.92 bits per heavy atom. The second-order valence-corrected chi connectivity index (χ2v) is 6.98. The van der Waals surface area contributed by atoms with Gasteiger partial charge in [0.15, 0.2) is 21.3 Å². The minimum atomic E-state index is -3.29. The molecule has 1 amide bonds. The largest absolute Gasteiger partial charge is 0.382 e. The molecule has 0 bridgehead atoms. The number of nitrogen functional groups attached to an aromatic ring is 1. The van der Waals surface area contributed by atoms with Gasteiger partial charge in [-0.25, -0.2) is 18.4 Å². The van der Waals surface area contributed by atoms with E-state index in [9.17, 15) is 13.2 Å². The number of anilines is 1. The molecule has 24 heavy (non-hydrogen) atoms. The summed E-state index contributed by atoms with van der Waals surface area (Å²) in [6.45, 7) is 7.08. The number of carbonyl (C=O) groups is 1. The highest BCUT2D eigenvalue weighted by atomic mass is 32.2. The Morgan fingerprint density at radius 3 is 2.46 bits per heavy atom. The Bertz CT molecular complexity index is 919. The van der Waals surface area contributed by atoms with Crippen molar-refractivity contribution in [1.82, 2.24) is 15.3 Å². The number of allylic oxidation sites excluding steroid dienone is 1. The maximum absolute atomic E-state index is 12.1. The maximum Gasteiger partial charge on any atom is 0.278 e. The zero-order chi connectivity index (χ0) is 17.9. The number of rotatable bonds is 5. The Balaban J connectivity index is 2.39. The number of amides is 1. The van der Waals surface area contributed by atoms with E-state index >= 15 is 0 Å². The Labute approximate surface area is 139 Å². The van der Waals surface area contributed by atoms with Gasteiger partial charge in [-0.05, 0) is 18.2 Å². The third-order valence-electron chi connectivity index (χ3n) is 3.11. The third-order valence-corrected chi connectivity index (χ3v) is 4.24. The molecule has 2 rings (SSSR count). The molecule has 2 aromatic rings. The molecule has 0 aliphatic carbocycles. The van der Waals surface area contributed by atoms with Gasteiger partial charge in [-0.2, -0.15) is 0 Å². The van der Waals surface area contributed by atoms with Gasteiger partial charge >= 0.3 is 0 Å². The van der Waals surface area contributed by atoms with Crippen LogP contribution in [0.25, 0.3) is 11.3 Å². The average Bonchev–Trinajstić information content (AvgIpc) is 2.54. The Morgan fingerprint density at radius 1 is 1.29 bits per heavy atom. The van der Waals surface area contributed by atoms with E-state index in [-0.39, 0.29) is 16.4 Å². The summed E-state index contributed by atoms with van der Waals surface area (Å²) >= 11 is 0. The van der Waals surface area contributed by atoms with Gasteiger partial charge in [0.05, 0.1) is 16.8 Å². The Kier molecular flexibility index (Phi) is 4.79. The topological polar surface area (TPSA) is 115 Å². The maximum atomic E-state index is 12.1. The molecule has 0 atom stereocenters. The molecule has 3 N–H and O–H groups in total. The molecular weight excluding hydrogens is 328 g/mol. The molecule has 0 spiro atoms. The highest BCUT2D eigenvalue weighted by molar-refractivity contribution is 7.90. The lowest BCUT2D eigenvalue weighted by Gasteiger charge is -2.08. The first kappa shape index (κ1) is 17.4. The number of sulfone groups is 1. The summed E-state index contributed by atoms with van der Waals surface area (Å²) in [6.07, 6.45) is 3.92. The van der Waals surface area contributed by atoms with Crippen molar-refractivity contribution in [2.45, 2.75) is 4.90 Å². The number of carbonyl (C=O) groups excluding carboxylic acids is 1. The monoisotopic (exact) mass is 344 g/mol. The van der Waals surface area contributed by atoms with Crippen molar-refractivity contribution >= 4 is 21.6 Å². The highest BCUT2D eigenvalue weighted by Crippen LogP contribution is 2.20. The Hall–Kier alpha value is -3.00. The van der Waals surface area contributed by atoms with E-state index in [4.69, 9.17) is 5.73 Å². The summed E-state index contributed by atoms with van der Waals surface area (Å²) in [4.78, 5) is 20.5. The van der Waals surface area contributed by atoms with Crippen LogP contribution < -0.4 is 11.1 Å². The number of nitrogens with one attached hydrogen (secondary N) is 1. The van der Waals surface area contributed by atoms with Gasteiger partial charge in [-0.3, -0.25) is 4.79 Å². The van der Waals surface area contributed by atoms with Crippen LogP contribution in [0.2, 0.25) is 0 Å². The van der Waals surface area contributed by atoms with Crippen LogP contribution in [-0.4, -0.2) is 30.5 Å². The molecule has 0 radical (unpaired) electrons. The summed E-state index contributed by atoms with van der Waals surface area (Å²) in [5.41, 5.74) is 6.94. The van der Waals surface area contributed by atoms with Crippen LogP contribution in [0.3, 0.4) is 0 Å². The van der Waals surface area contributed by atoms with Gasteiger partial charge in [0.25, 0.3) is 5.91 Å². The minimum absolute atomic E-state index is 0.0270. The van der Waals surface area contributed by atoms with Gasteiger partial charge < -0.3 is 11.1 Å². The summed E-state index contributed by atoms with van der Waals surface area (Å²) < 4.78 is 23.0. The molecule has 0 saturated carbocycles. The number of nitrogens with two attached hydrogens (primary N) is 1. The molecule has 1 heterocycles. The van der Waals surface area contributed by atoms with Crippen molar-refractivity contribution in [3.63, 3.8) is 0 Å². The highest BCUT2D eigenvalue weighted by Gasteiger charge is 2.15. The summed E-state index contributed by atoms with van der Waals surface area (Å²) in [6, 6.07) is 6.09. The van der Waals surface area contributed by atoms with Crippen LogP contribution in [0.15, 0.2) is 60.3 Å². The molecule has 1 aromatic carbocycles. The van der Waals surface area contributed by atoms with E-state index in [0.29, 0.717) is 17.0 Å². The quantitative estimate of drug-likeness (QED) is 0.795. The fraction of sp³-hybridized carbons (Fsp3) is 0.0625. The van der Waals surface area contributed by atoms with E-state index in [1.165, 1.54) is 24.4 Å². The van der Waals surface area contributed by atoms with Crippen LogP contribution in [0.1, 0.15) is 10.5 Å². The molecule has 124 valence electrons. The second-order valence-electron chi connectivity index (χ2n) is 4.97. The van der Waals surface area contributed by atoms with Crippen LogP contribution in [0, 0.1) is 0 Å². The molecular formula is C16H16N4O3S. The SMILES string of the molecule is C=CC(=C)NC(=O)c1nc(-c2ccc(S(C)(=O)=O)cc2)cnc1N. The second kappa shape index (κ2) is 6.63. The predicted octanol–water partition coefficient (Wildman–Crippen LogP) is 1.56. The van der Waals surface area contributed by atoms with E-state index < -0.39 is 15.7 Å². The van der Waals surface area contributed by atoms with Crippen molar-refractivity contribution < 1.29 is 13.2 Å². The van der Waals surface area contributed by atoms with Gasteiger partial charge in [0, 0.05) is 17.5 Å². The third kappa shape index (κ3) is 3.85. The van der Waals surface area contributed by atoms with Crippen molar-refractivity contribution in [3.05, 3.63) is 61.1 Å². The first-order valence-electron chi connectivity index (χ1n) is 6.78. The van der Waals surface area contributed by atoms with Gasteiger partial charge in [-0.1, -0.05) is 25.3 Å². The summed E-state index contributed by atoms with van der Waals surface area (Å²) in [5.74, 6) is -0.583. The van der Waals surface area contributed by atoms with Crippen LogP contribution in [0.5, 0.6) is 0 Å². The minimum Gasteiger partial charge on any atom is -0.382 e. The van der Waals surface area contributed by atoms with Crippen molar-refractivity contribution in [3.8, 4) is 11.3 Å². The van der Waals surface area contributed by atoms with E-state index in [0.717, 1.165) is 6.26 Å². The summed E-state index contributed by atoms with van der Waals surface area (Å²) in [7, 11) is -3.29. The van der Waals surface area contributed by atoms with E-state index in [1.807, 2.05) is 0 Å². The molecule has 0 saturated heterocycles. The lowest BCUT2D eigenvalue weighted by atomic mass is 10.1. The first-order chi connectivity index (χ1) is 11.2. The normalized spacial score (nSPS) is 10.9. The molecule has 0 unspecified atom stereocenters. The van der Waals surface area contributed by atoms with Gasteiger partial charge in [-0.15, -0.1) is 0 Å². The van der Waals surface area contributed by atoms with Crippen LogP contribution in [0.4, 0.5) is 5.82 Å². The molecule has 0 aliphatic rings. The molecule has 7 nitrogen and oxygen atoms in total. The zero-order valence-electron chi connectivity index (χ0n) is 13.0. The number of benzene rings is 1. The molecule has 8 heteroatoms. The van der Waals surface area contributed by atoms with Crippen LogP contribution in [-0.2, 0) is 9.84 Å². The molecule has 0 aliphatic heterocycles. The standard InChI is InChI=1S/C16H16N4O3S/c1-4-10(2)19-16(21)14-15(17)18-9-13(20-14)11-5-7-12(8-6-11)24(3,22)23/h4-9H,1-2H2,3H3,(H2,17,18)(H,19,21). The fourth-order valence-electron chi connectivity index (χ4n) is 1.83. The zero-order valence-corrected chi connectivity index (χ0v) is 13.8. The molecule has 0 fully saturated rings. The van der Waals surface area contributed by atoms with Gasteiger partial charge in [0.1, 0.15) is 0 Å². The number of hydrogen-bond donors (Lipinski definition) is 2. The number of hydrogen-bond acceptors (Lipinski definition) is 6. The smallest absolute Gasteiger partial charge is 0.278 e. The van der Waals surface area contributed by atoms with E-state index in [1.54, 1.807) is 12.1 Å². The number of aromatic nitrogens is 2. The van der Waals surface area contributed by atoms with Crippen LogP contribution >= 0.6 is 0 Å². The van der Waals surface area contributed by atoms with E-state index in [2.05, 4.69) is 28.4 Å². The first-order valence-corrected chi connectivity index (χ1v) is 8.67. The average molecular weight is 344 g/mol. The fourth-order valence-corrected chi connectivity index (χ4v) is 2.46. The summed E-state index contributed by atoms with van der Waals surface area (Å²) in [5, 5.41) is 2.48. The lowest BCUT2D eigenvalue weighted by molar-refractivity contribution is 0.0963. The van der Waals surface area contributed by atoms with Gasteiger partial charge in [0.2, 0.25) is 0 Å². The molecule has 1 aromatic heterocycles. The lowest BCUT2D eigenvalue weighted by Crippen LogP contribution is -2.24. The van der Waals surface area contributed by atoms with Crippen molar-refractivity contribution in [2.24, 2.45) is 0 Å².